The van der Waals surface area contributed by atoms with Gasteiger partial charge >= 0.3 is 0 Å². The van der Waals surface area contributed by atoms with E-state index in [0.29, 0.717) is 6.04 Å². The minimum Gasteiger partial charge on any atom is -0.373 e. The van der Waals surface area contributed by atoms with Crippen molar-refractivity contribution in [2.24, 2.45) is 0 Å². The standard InChI is InChI=1S/C11H18BrN3OS/c1-3-4-10-13-11(17-14-10)15-6-9(5-12)16-7-8(15)2/h8-9H,3-7H2,1-2H3. The predicted octanol–water partition coefficient (Wildman–Crippen LogP) is 2.48. The second-order valence-corrected chi connectivity index (χ2v) is 5.73. The smallest absolute Gasteiger partial charge is 0.205 e. The molecule has 0 spiro atoms. The van der Waals surface area contributed by atoms with Gasteiger partial charge in [-0.05, 0) is 13.3 Å². The number of hydrogen-bond acceptors (Lipinski definition) is 5. The molecule has 1 fully saturated rings. The molecule has 1 aliphatic heterocycles. The molecule has 2 rings (SSSR count). The van der Waals surface area contributed by atoms with Crippen LogP contribution in [0.4, 0.5) is 5.13 Å². The fourth-order valence-corrected chi connectivity index (χ4v) is 3.08. The summed E-state index contributed by atoms with van der Waals surface area (Å²) in [5.41, 5.74) is 0. The Hall–Kier alpha value is -0.200. The summed E-state index contributed by atoms with van der Waals surface area (Å²) in [5, 5.41) is 1.91. The Bertz CT molecular complexity index is 360. The van der Waals surface area contributed by atoms with Crippen molar-refractivity contribution in [2.75, 3.05) is 23.4 Å². The molecular weight excluding hydrogens is 302 g/mol. The van der Waals surface area contributed by atoms with Crippen molar-refractivity contribution in [2.45, 2.75) is 38.8 Å². The van der Waals surface area contributed by atoms with Gasteiger partial charge in [0, 0.05) is 29.8 Å². The first kappa shape index (κ1) is 13.2. The third-order valence-corrected chi connectivity index (χ3v) is 4.37. The third-order valence-electron chi connectivity index (χ3n) is 2.85. The second-order valence-electron chi connectivity index (χ2n) is 4.35. The summed E-state index contributed by atoms with van der Waals surface area (Å²) in [6, 6.07) is 0.382. The van der Waals surface area contributed by atoms with E-state index in [9.17, 15) is 0 Å². The fraction of sp³-hybridized carbons (Fsp3) is 0.818. The molecule has 0 amide bonds. The normalized spacial score (nSPS) is 25.2. The van der Waals surface area contributed by atoms with E-state index in [1.54, 1.807) is 0 Å². The van der Waals surface area contributed by atoms with Gasteiger partial charge in [0.25, 0.3) is 0 Å². The van der Waals surface area contributed by atoms with Gasteiger partial charge < -0.3 is 9.64 Å². The lowest BCUT2D eigenvalue weighted by Gasteiger charge is -2.37. The van der Waals surface area contributed by atoms with E-state index < -0.39 is 0 Å². The zero-order valence-electron chi connectivity index (χ0n) is 10.2. The quantitative estimate of drug-likeness (QED) is 0.799. The van der Waals surface area contributed by atoms with E-state index in [1.165, 1.54) is 11.5 Å². The second kappa shape index (κ2) is 6.11. The van der Waals surface area contributed by atoms with Gasteiger partial charge in [-0.1, -0.05) is 22.9 Å². The summed E-state index contributed by atoms with van der Waals surface area (Å²) < 4.78 is 10.1. The van der Waals surface area contributed by atoms with Crippen molar-refractivity contribution in [3.63, 3.8) is 0 Å². The van der Waals surface area contributed by atoms with Crippen LogP contribution in [0.5, 0.6) is 0 Å². The Balaban J connectivity index is 2.07. The lowest BCUT2D eigenvalue weighted by molar-refractivity contribution is 0.0379. The molecule has 2 unspecified atom stereocenters. The number of hydrogen-bond donors (Lipinski definition) is 0. The number of ether oxygens (including phenoxy) is 1. The summed E-state index contributed by atoms with van der Waals surface area (Å²) in [5.74, 6) is 0.974. The van der Waals surface area contributed by atoms with Gasteiger partial charge in [-0.2, -0.15) is 4.37 Å². The number of aryl methyl sites for hydroxylation is 1. The molecular formula is C11H18BrN3OS. The Labute approximate surface area is 115 Å². The average Bonchev–Trinajstić information content (AvgIpc) is 2.79. The molecule has 17 heavy (non-hydrogen) atoms. The summed E-state index contributed by atoms with van der Waals surface area (Å²) in [6.45, 7) is 5.98. The van der Waals surface area contributed by atoms with Crippen LogP contribution in [0.1, 0.15) is 26.1 Å². The van der Waals surface area contributed by atoms with Gasteiger partial charge in [0.2, 0.25) is 5.13 Å². The average molecular weight is 320 g/mol. The fourth-order valence-electron chi connectivity index (χ4n) is 1.86. The van der Waals surface area contributed by atoms with Crippen molar-refractivity contribution in [3.8, 4) is 0 Å². The number of halogens is 1. The summed E-state index contributed by atoms with van der Waals surface area (Å²) in [4.78, 5) is 6.92. The van der Waals surface area contributed by atoms with E-state index in [2.05, 4.69) is 44.0 Å². The molecule has 1 saturated heterocycles. The highest BCUT2D eigenvalue weighted by atomic mass is 79.9. The van der Waals surface area contributed by atoms with E-state index in [1.807, 2.05) is 0 Å². The van der Waals surface area contributed by atoms with Crippen molar-refractivity contribution in [1.82, 2.24) is 9.36 Å². The van der Waals surface area contributed by atoms with Gasteiger partial charge in [0.05, 0.1) is 18.8 Å². The maximum atomic E-state index is 5.71. The van der Waals surface area contributed by atoms with Crippen LogP contribution in [0.3, 0.4) is 0 Å². The van der Waals surface area contributed by atoms with Crippen molar-refractivity contribution in [3.05, 3.63) is 5.82 Å². The molecule has 2 heterocycles. The number of anilines is 1. The van der Waals surface area contributed by atoms with Gasteiger partial charge in [-0.15, -0.1) is 0 Å². The Morgan fingerprint density at radius 1 is 1.59 bits per heavy atom. The number of morpholine rings is 1. The van der Waals surface area contributed by atoms with Gasteiger partial charge in [-0.25, -0.2) is 4.98 Å². The van der Waals surface area contributed by atoms with Crippen molar-refractivity contribution in [1.29, 1.82) is 0 Å². The first-order valence-corrected chi connectivity index (χ1v) is 7.90. The van der Waals surface area contributed by atoms with Crippen LogP contribution >= 0.6 is 27.5 Å². The zero-order valence-corrected chi connectivity index (χ0v) is 12.6. The van der Waals surface area contributed by atoms with E-state index in [4.69, 9.17) is 4.74 Å². The van der Waals surface area contributed by atoms with Crippen LogP contribution < -0.4 is 4.90 Å². The van der Waals surface area contributed by atoms with Crippen LogP contribution in [0, 0.1) is 0 Å². The maximum absolute atomic E-state index is 5.71. The lowest BCUT2D eigenvalue weighted by atomic mass is 10.2. The molecule has 0 bridgehead atoms. The molecule has 4 nitrogen and oxygen atoms in total. The van der Waals surface area contributed by atoms with Gasteiger partial charge in [-0.3, -0.25) is 0 Å². The van der Waals surface area contributed by atoms with Crippen LogP contribution in [0.25, 0.3) is 0 Å². The Morgan fingerprint density at radius 2 is 2.41 bits per heavy atom. The molecule has 96 valence electrons. The predicted molar refractivity (Wildman–Crippen MR) is 74.2 cm³/mol. The van der Waals surface area contributed by atoms with Crippen molar-refractivity contribution < 1.29 is 4.74 Å². The highest BCUT2D eigenvalue weighted by molar-refractivity contribution is 9.09. The molecule has 1 aromatic rings. The zero-order chi connectivity index (χ0) is 12.3. The van der Waals surface area contributed by atoms with Crippen LogP contribution in [0.15, 0.2) is 0 Å². The number of aromatic nitrogens is 2. The van der Waals surface area contributed by atoms with Crippen LogP contribution in [0.2, 0.25) is 0 Å². The minimum absolute atomic E-state index is 0.254. The number of rotatable bonds is 4. The van der Waals surface area contributed by atoms with E-state index in [0.717, 1.165) is 42.3 Å². The first-order chi connectivity index (χ1) is 8.24. The molecule has 1 aliphatic rings. The molecule has 6 heteroatoms. The molecule has 2 atom stereocenters. The van der Waals surface area contributed by atoms with E-state index in [-0.39, 0.29) is 6.10 Å². The van der Waals surface area contributed by atoms with Gasteiger partial charge in [0.15, 0.2) is 0 Å². The summed E-state index contributed by atoms with van der Waals surface area (Å²) in [7, 11) is 0. The summed E-state index contributed by atoms with van der Waals surface area (Å²) in [6.07, 6.45) is 2.32. The Kier molecular flexibility index (Phi) is 4.76. The molecule has 0 N–H and O–H groups in total. The third kappa shape index (κ3) is 3.17. The topological polar surface area (TPSA) is 38.2 Å². The van der Waals surface area contributed by atoms with E-state index >= 15 is 0 Å². The van der Waals surface area contributed by atoms with Crippen molar-refractivity contribution >= 4 is 32.6 Å². The molecule has 0 aromatic carbocycles. The molecule has 0 radical (unpaired) electrons. The van der Waals surface area contributed by atoms with Gasteiger partial charge in [0.1, 0.15) is 5.82 Å². The van der Waals surface area contributed by atoms with Crippen LogP contribution in [-0.2, 0) is 11.2 Å². The number of nitrogens with zero attached hydrogens (tertiary/aromatic N) is 3. The SMILES string of the molecule is CCCc1nsc(N2CC(CBr)OCC2C)n1. The molecule has 0 aliphatic carbocycles. The van der Waals surface area contributed by atoms with Crippen LogP contribution in [-0.4, -0.2) is 40.0 Å². The summed E-state index contributed by atoms with van der Waals surface area (Å²) >= 11 is 4.98. The Morgan fingerprint density at radius 3 is 3.12 bits per heavy atom. The number of alkyl halides is 1. The highest BCUT2D eigenvalue weighted by Crippen LogP contribution is 2.24. The highest BCUT2D eigenvalue weighted by Gasteiger charge is 2.27. The largest absolute Gasteiger partial charge is 0.373 e. The molecule has 1 aromatic heterocycles. The molecule has 0 saturated carbocycles. The lowest BCUT2D eigenvalue weighted by Crippen LogP contribution is -2.49. The minimum atomic E-state index is 0.254. The monoisotopic (exact) mass is 319 g/mol. The maximum Gasteiger partial charge on any atom is 0.205 e. The first-order valence-electron chi connectivity index (χ1n) is 6.01.